The van der Waals surface area contributed by atoms with Crippen molar-refractivity contribution in [3.05, 3.63) is 40.1 Å². The van der Waals surface area contributed by atoms with E-state index >= 15 is 0 Å². The van der Waals surface area contributed by atoms with Crippen molar-refractivity contribution < 1.29 is 4.79 Å². The molecule has 0 radical (unpaired) electrons. The Morgan fingerprint density at radius 2 is 1.71 bits per heavy atom. The van der Waals surface area contributed by atoms with Crippen LogP contribution in [0.1, 0.15) is 22.3 Å². The van der Waals surface area contributed by atoms with E-state index in [1.54, 1.807) is 0 Å². The van der Waals surface area contributed by atoms with Gasteiger partial charge in [-0.05, 0) is 55.8 Å². The minimum atomic E-state index is -0.172. The van der Waals surface area contributed by atoms with Crippen LogP contribution in [0.3, 0.4) is 0 Å². The van der Waals surface area contributed by atoms with Crippen LogP contribution >= 0.6 is 12.2 Å². The molecule has 1 aromatic rings. The quantitative estimate of drug-likeness (QED) is 0.588. The number of carbonyl (C=O) groups is 1. The Labute approximate surface area is 106 Å². The van der Waals surface area contributed by atoms with Gasteiger partial charge in [-0.1, -0.05) is 17.7 Å². The molecule has 88 valence electrons. The summed E-state index contributed by atoms with van der Waals surface area (Å²) in [7, 11) is 0. The van der Waals surface area contributed by atoms with Crippen molar-refractivity contribution in [2.45, 2.75) is 20.8 Å². The van der Waals surface area contributed by atoms with Crippen LogP contribution in [0.4, 0.5) is 0 Å². The molecule has 0 aliphatic carbocycles. The van der Waals surface area contributed by atoms with Gasteiger partial charge in [-0.25, -0.2) is 0 Å². The van der Waals surface area contributed by atoms with Crippen molar-refractivity contribution >= 4 is 29.3 Å². The molecule has 0 unspecified atom stereocenters. The van der Waals surface area contributed by atoms with E-state index in [-0.39, 0.29) is 5.91 Å². The largest absolute Gasteiger partial charge is 0.328 e. The summed E-state index contributed by atoms with van der Waals surface area (Å²) in [6.07, 6.45) is 1.85. The summed E-state index contributed by atoms with van der Waals surface area (Å²) in [5.41, 5.74) is 5.11. The molecule has 1 fully saturated rings. The lowest BCUT2D eigenvalue weighted by Gasteiger charge is -2.07. The smallest absolute Gasteiger partial charge is 0.273 e. The first kappa shape index (κ1) is 11.8. The second-order valence-corrected chi connectivity index (χ2v) is 4.69. The molecule has 1 saturated heterocycles. The average molecular weight is 246 g/mol. The molecule has 2 N–H and O–H groups in total. The lowest BCUT2D eigenvalue weighted by molar-refractivity contribution is -0.115. The molecule has 17 heavy (non-hydrogen) atoms. The third-order valence-electron chi connectivity index (χ3n) is 2.75. The molecule has 0 atom stereocenters. The maximum Gasteiger partial charge on any atom is 0.273 e. The zero-order chi connectivity index (χ0) is 12.6. The van der Waals surface area contributed by atoms with Crippen molar-refractivity contribution in [1.82, 2.24) is 10.6 Å². The number of aryl methyl sites for hydroxylation is 3. The minimum absolute atomic E-state index is 0.172. The van der Waals surface area contributed by atoms with E-state index in [4.69, 9.17) is 12.2 Å². The molecule has 2 rings (SSSR count). The molecule has 1 aromatic carbocycles. The Morgan fingerprint density at radius 3 is 2.18 bits per heavy atom. The molecule has 1 aliphatic rings. The molecular formula is C13H14N2OS. The van der Waals surface area contributed by atoms with Crippen LogP contribution in [-0.4, -0.2) is 11.0 Å². The number of hydrogen-bond acceptors (Lipinski definition) is 2. The highest BCUT2D eigenvalue weighted by molar-refractivity contribution is 7.80. The van der Waals surface area contributed by atoms with Gasteiger partial charge in [0.25, 0.3) is 5.91 Å². The van der Waals surface area contributed by atoms with E-state index in [1.807, 2.05) is 19.9 Å². The van der Waals surface area contributed by atoms with Gasteiger partial charge in [-0.15, -0.1) is 0 Å². The van der Waals surface area contributed by atoms with Gasteiger partial charge in [0.15, 0.2) is 5.11 Å². The van der Waals surface area contributed by atoms with Crippen molar-refractivity contribution in [3.63, 3.8) is 0 Å². The van der Waals surface area contributed by atoms with Gasteiger partial charge in [0.2, 0.25) is 0 Å². The van der Waals surface area contributed by atoms with Gasteiger partial charge in [0.05, 0.1) is 0 Å². The predicted molar refractivity (Wildman–Crippen MR) is 72.5 cm³/mol. The van der Waals surface area contributed by atoms with E-state index in [9.17, 15) is 4.79 Å². The van der Waals surface area contributed by atoms with Crippen LogP contribution in [0.5, 0.6) is 0 Å². The fraction of sp³-hybridized carbons (Fsp3) is 0.231. The van der Waals surface area contributed by atoms with Gasteiger partial charge in [-0.3, -0.25) is 10.1 Å². The van der Waals surface area contributed by atoms with E-state index in [1.165, 1.54) is 5.56 Å². The Hall–Kier alpha value is -1.68. The second kappa shape index (κ2) is 4.30. The highest BCUT2D eigenvalue weighted by atomic mass is 32.1. The van der Waals surface area contributed by atoms with Gasteiger partial charge in [0, 0.05) is 0 Å². The highest BCUT2D eigenvalue weighted by Crippen LogP contribution is 2.19. The Morgan fingerprint density at radius 1 is 1.12 bits per heavy atom. The molecule has 4 heteroatoms. The van der Waals surface area contributed by atoms with Gasteiger partial charge < -0.3 is 5.32 Å². The highest BCUT2D eigenvalue weighted by Gasteiger charge is 2.20. The Balaban J connectivity index is 2.46. The van der Waals surface area contributed by atoms with Crippen molar-refractivity contribution in [2.24, 2.45) is 0 Å². The third-order valence-corrected chi connectivity index (χ3v) is 2.95. The number of thiocarbonyl (C=S) groups is 1. The number of rotatable bonds is 1. The zero-order valence-corrected chi connectivity index (χ0v) is 10.9. The van der Waals surface area contributed by atoms with Gasteiger partial charge in [-0.2, -0.15) is 0 Å². The summed E-state index contributed by atoms with van der Waals surface area (Å²) in [6, 6.07) is 4.20. The summed E-state index contributed by atoms with van der Waals surface area (Å²) in [6.45, 7) is 6.14. The summed E-state index contributed by atoms with van der Waals surface area (Å²) >= 11 is 4.89. The molecule has 0 bridgehead atoms. The fourth-order valence-electron chi connectivity index (χ4n) is 2.05. The molecule has 1 heterocycles. The second-order valence-electron chi connectivity index (χ2n) is 4.28. The number of benzene rings is 1. The number of carbonyl (C=O) groups excluding carboxylic acids is 1. The van der Waals surface area contributed by atoms with E-state index in [0.29, 0.717) is 10.8 Å². The van der Waals surface area contributed by atoms with E-state index in [2.05, 4.69) is 29.7 Å². The first-order valence-corrected chi connectivity index (χ1v) is 5.80. The van der Waals surface area contributed by atoms with E-state index < -0.39 is 0 Å². The summed E-state index contributed by atoms with van der Waals surface area (Å²) in [5.74, 6) is -0.172. The lowest BCUT2D eigenvalue weighted by atomic mass is 9.99. The zero-order valence-electron chi connectivity index (χ0n) is 10.0. The lowest BCUT2D eigenvalue weighted by Crippen LogP contribution is -2.21. The summed E-state index contributed by atoms with van der Waals surface area (Å²) in [5, 5.41) is 5.77. The molecule has 0 spiro atoms. The Kier molecular flexibility index (Phi) is 2.98. The minimum Gasteiger partial charge on any atom is -0.328 e. The summed E-state index contributed by atoms with van der Waals surface area (Å²) < 4.78 is 0. The number of amides is 1. The molecule has 1 aliphatic heterocycles. The van der Waals surface area contributed by atoms with E-state index in [0.717, 1.165) is 16.7 Å². The molecule has 3 nitrogen and oxygen atoms in total. The van der Waals surface area contributed by atoms with Crippen LogP contribution in [0, 0.1) is 20.8 Å². The van der Waals surface area contributed by atoms with Crippen molar-refractivity contribution in [3.8, 4) is 0 Å². The predicted octanol–water partition coefficient (Wildman–Crippen LogP) is 1.96. The monoisotopic (exact) mass is 246 g/mol. The third kappa shape index (κ3) is 2.36. The molecule has 1 amide bonds. The number of hydrogen-bond donors (Lipinski definition) is 2. The molecular weight excluding hydrogens is 232 g/mol. The topological polar surface area (TPSA) is 41.1 Å². The fourth-order valence-corrected chi connectivity index (χ4v) is 2.25. The van der Waals surface area contributed by atoms with Crippen LogP contribution in [0.25, 0.3) is 6.08 Å². The average Bonchev–Trinajstić information content (AvgIpc) is 2.51. The van der Waals surface area contributed by atoms with Crippen molar-refractivity contribution in [1.29, 1.82) is 0 Å². The standard InChI is InChI=1S/C13H14N2OS/c1-7-4-8(2)10(9(3)5-7)6-11-12(16)15-13(17)14-11/h4-6H,1-3H3,(H2,14,15,16,17). The molecule has 0 saturated carbocycles. The van der Waals surface area contributed by atoms with Crippen LogP contribution in [-0.2, 0) is 4.79 Å². The Bertz CT molecular complexity index is 523. The first-order valence-electron chi connectivity index (χ1n) is 5.39. The van der Waals surface area contributed by atoms with Crippen LogP contribution in [0.15, 0.2) is 17.8 Å². The first-order chi connectivity index (χ1) is 7.97. The van der Waals surface area contributed by atoms with Gasteiger partial charge in [0.1, 0.15) is 5.70 Å². The van der Waals surface area contributed by atoms with Crippen molar-refractivity contribution in [2.75, 3.05) is 0 Å². The normalized spacial score (nSPS) is 17.2. The maximum absolute atomic E-state index is 11.5. The molecule has 0 aromatic heterocycles. The maximum atomic E-state index is 11.5. The van der Waals surface area contributed by atoms with Gasteiger partial charge >= 0.3 is 0 Å². The van der Waals surface area contributed by atoms with Crippen LogP contribution in [0.2, 0.25) is 0 Å². The SMILES string of the molecule is Cc1cc(C)c(C=C2NC(=S)NC2=O)c(C)c1. The van der Waals surface area contributed by atoms with Crippen LogP contribution < -0.4 is 10.6 Å². The number of nitrogens with one attached hydrogen (secondary N) is 2. The summed E-state index contributed by atoms with van der Waals surface area (Å²) in [4.78, 5) is 11.5.